The molecule has 6 heteroatoms. The number of rotatable bonds is 4. The number of fused-ring (bicyclic) bond motifs is 1. The smallest absolute Gasteiger partial charge is 0.203 e. The van der Waals surface area contributed by atoms with Gasteiger partial charge in [0.1, 0.15) is 5.82 Å². The Morgan fingerprint density at radius 1 is 1.35 bits per heavy atom. The van der Waals surface area contributed by atoms with Crippen molar-refractivity contribution in [3.8, 4) is 0 Å². The van der Waals surface area contributed by atoms with Crippen LogP contribution in [0.25, 0.3) is 5.65 Å². The number of piperidine rings is 1. The minimum absolute atomic E-state index is 0.738. The highest BCUT2D eigenvalue weighted by Crippen LogP contribution is 2.21. The molecular formula is C14H22N6. The van der Waals surface area contributed by atoms with Gasteiger partial charge in [0, 0.05) is 25.5 Å². The molecule has 1 aliphatic rings. The topological polar surface area (TPSA) is 58.4 Å². The maximum atomic E-state index is 4.54. The number of aryl methyl sites for hydroxylation is 1. The molecule has 1 N–H and O–H groups in total. The third-order valence-electron chi connectivity index (χ3n) is 4.10. The summed E-state index contributed by atoms with van der Waals surface area (Å²) in [5, 5.41) is 11.9. The molecule has 0 aliphatic carbocycles. The van der Waals surface area contributed by atoms with Gasteiger partial charge in [-0.1, -0.05) is 0 Å². The summed E-state index contributed by atoms with van der Waals surface area (Å²) in [6.45, 7) is 8.40. The first kappa shape index (κ1) is 13.3. The predicted octanol–water partition coefficient (Wildman–Crippen LogP) is 1.26. The zero-order valence-electron chi connectivity index (χ0n) is 12.2. The second kappa shape index (κ2) is 5.75. The van der Waals surface area contributed by atoms with Crippen LogP contribution in [0.1, 0.15) is 25.6 Å². The molecule has 0 atom stereocenters. The first-order valence-corrected chi connectivity index (χ1v) is 7.41. The number of aromatic nitrogens is 4. The summed E-state index contributed by atoms with van der Waals surface area (Å²) in [7, 11) is 0. The van der Waals surface area contributed by atoms with Crippen LogP contribution in [0.15, 0.2) is 12.4 Å². The Bertz CT molecular complexity index is 572. The fraction of sp³-hybridized carbons (Fsp3) is 0.643. The number of hydrogen-bond acceptors (Lipinski definition) is 5. The van der Waals surface area contributed by atoms with Crippen LogP contribution in [0, 0.1) is 12.8 Å². The van der Waals surface area contributed by atoms with E-state index in [2.05, 4.69) is 32.3 Å². The van der Waals surface area contributed by atoms with Gasteiger partial charge >= 0.3 is 0 Å². The van der Waals surface area contributed by atoms with Crippen molar-refractivity contribution >= 4 is 11.5 Å². The molecule has 0 spiro atoms. The molecule has 108 valence electrons. The van der Waals surface area contributed by atoms with Crippen molar-refractivity contribution in [1.29, 1.82) is 0 Å². The fourth-order valence-corrected chi connectivity index (χ4v) is 2.89. The van der Waals surface area contributed by atoms with Crippen LogP contribution < -0.4 is 10.2 Å². The van der Waals surface area contributed by atoms with Gasteiger partial charge in [0.15, 0.2) is 5.82 Å². The van der Waals surface area contributed by atoms with E-state index in [0.717, 1.165) is 49.4 Å². The lowest BCUT2D eigenvalue weighted by Crippen LogP contribution is -2.36. The van der Waals surface area contributed by atoms with Gasteiger partial charge in [0.2, 0.25) is 5.65 Å². The molecule has 0 bridgehead atoms. The molecule has 1 fully saturated rings. The van der Waals surface area contributed by atoms with Crippen molar-refractivity contribution in [2.45, 2.75) is 26.7 Å². The van der Waals surface area contributed by atoms with E-state index in [1.165, 1.54) is 12.8 Å². The number of nitrogens with zero attached hydrogens (tertiary/aromatic N) is 5. The highest BCUT2D eigenvalue weighted by atomic mass is 15.3. The van der Waals surface area contributed by atoms with Crippen molar-refractivity contribution in [1.82, 2.24) is 24.9 Å². The van der Waals surface area contributed by atoms with Crippen LogP contribution in [-0.2, 0) is 0 Å². The first-order valence-electron chi connectivity index (χ1n) is 7.41. The highest BCUT2D eigenvalue weighted by molar-refractivity contribution is 5.63. The summed E-state index contributed by atoms with van der Waals surface area (Å²) in [6, 6.07) is 0. The Labute approximate surface area is 119 Å². The summed E-state index contributed by atoms with van der Waals surface area (Å²) >= 11 is 0. The van der Waals surface area contributed by atoms with Gasteiger partial charge in [0.25, 0.3) is 0 Å². The van der Waals surface area contributed by atoms with Crippen molar-refractivity contribution in [2.75, 3.05) is 31.1 Å². The quantitative estimate of drug-likeness (QED) is 0.909. The second-order valence-corrected chi connectivity index (χ2v) is 5.42. The van der Waals surface area contributed by atoms with Gasteiger partial charge in [-0.15, -0.1) is 10.2 Å². The molecule has 2 aromatic rings. The molecule has 0 radical (unpaired) electrons. The molecule has 3 heterocycles. The van der Waals surface area contributed by atoms with Gasteiger partial charge < -0.3 is 10.2 Å². The minimum atomic E-state index is 0.738. The number of nitrogens with one attached hydrogen (secondary N) is 1. The van der Waals surface area contributed by atoms with E-state index < -0.39 is 0 Å². The second-order valence-electron chi connectivity index (χ2n) is 5.42. The van der Waals surface area contributed by atoms with Crippen LogP contribution in [0.3, 0.4) is 0 Å². The summed E-state index contributed by atoms with van der Waals surface area (Å²) in [4.78, 5) is 6.88. The molecule has 1 saturated heterocycles. The standard InChI is InChI=1S/C14H22N6/c1-3-19(10-12-4-6-15-7-5-12)13-14-18-17-11(2)20(14)9-8-16-13/h8-9,12,15H,3-7,10H2,1-2H3. The molecule has 1 aliphatic heterocycles. The maximum absolute atomic E-state index is 4.54. The summed E-state index contributed by atoms with van der Waals surface area (Å²) < 4.78 is 2.01. The lowest BCUT2D eigenvalue weighted by atomic mass is 9.97. The Morgan fingerprint density at radius 3 is 2.90 bits per heavy atom. The van der Waals surface area contributed by atoms with Crippen LogP contribution in [0.5, 0.6) is 0 Å². The van der Waals surface area contributed by atoms with Crippen LogP contribution >= 0.6 is 0 Å². The van der Waals surface area contributed by atoms with Gasteiger partial charge in [-0.3, -0.25) is 4.40 Å². The van der Waals surface area contributed by atoms with Gasteiger partial charge in [-0.2, -0.15) is 0 Å². The zero-order valence-corrected chi connectivity index (χ0v) is 12.2. The SMILES string of the molecule is CCN(CC1CCNCC1)c1nccn2c(C)nnc12. The minimum Gasteiger partial charge on any atom is -0.353 e. The Balaban J connectivity index is 1.86. The molecule has 20 heavy (non-hydrogen) atoms. The molecule has 2 aromatic heterocycles. The third kappa shape index (κ3) is 2.47. The number of anilines is 1. The normalized spacial score (nSPS) is 16.7. The molecule has 0 aromatic carbocycles. The van der Waals surface area contributed by atoms with Gasteiger partial charge in [0.05, 0.1) is 0 Å². The lowest BCUT2D eigenvalue weighted by molar-refractivity contribution is 0.374. The Kier molecular flexibility index (Phi) is 3.82. The largest absolute Gasteiger partial charge is 0.353 e. The molecule has 0 unspecified atom stereocenters. The van der Waals surface area contributed by atoms with Crippen molar-refractivity contribution < 1.29 is 0 Å². The van der Waals surface area contributed by atoms with E-state index in [1.54, 1.807) is 0 Å². The fourth-order valence-electron chi connectivity index (χ4n) is 2.89. The molecular weight excluding hydrogens is 252 g/mol. The van der Waals surface area contributed by atoms with Gasteiger partial charge in [-0.25, -0.2) is 4.98 Å². The van der Waals surface area contributed by atoms with E-state index in [4.69, 9.17) is 0 Å². The highest BCUT2D eigenvalue weighted by Gasteiger charge is 2.19. The molecule has 0 amide bonds. The third-order valence-corrected chi connectivity index (χ3v) is 4.10. The van der Waals surface area contributed by atoms with Crippen LogP contribution in [-0.4, -0.2) is 45.8 Å². The van der Waals surface area contributed by atoms with Crippen molar-refractivity contribution in [3.63, 3.8) is 0 Å². The molecule has 0 saturated carbocycles. The van der Waals surface area contributed by atoms with E-state index in [1.807, 2.05) is 23.7 Å². The van der Waals surface area contributed by atoms with E-state index in [9.17, 15) is 0 Å². The summed E-state index contributed by atoms with van der Waals surface area (Å²) in [6.07, 6.45) is 6.24. The van der Waals surface area contributed by atoms with Crippen LogP contribution in [0.4, 0.5) is 5.82 Å². The maximum Gasteiger partial charge on any atom is 0.203 e. The zero-order chi connectivity index (χ0) is 13.9. The summed E-state index contributed by atoms with van der Waals surface area (Å²) in [5.74, 6) is 2.60. The average Bonchev–Trinajstić information content (AvgIpc) is 2.88. The van der Waals surface area contributed by atoms with Crippen molar-refractivity contribution in [3.05, 3.63) is 18.2 Å². The first-order chi connectivity index (χ1) is 9.79. The monoisotopic (exact) mass is 274 g/mol. The van der Waals surface area contributed by atoms with E-state index >= 15 is 0 Å². The van der Waals surface area contributed by atoms with E-state index in [-0.39, 0.29) is 0 Å². The predicted molar refractivity (Wildman–Crippen MR) is 79.0 cm³/mol. The van der Waals surface area contributed by atoms with Crippen molar-refractivity contribution in [2.24, 2.45) is 5.92 Å². The molecule has 6 nitrogen and oxygen atoms in total. The van der Waals surface area contributed by atoms with E-state index in [0.29, 0.717) is 0 Å². The number of hydrogen-bond donors (Lipinski definition) is 1. The summed E-state index contributed by atoms with van der Waals surface area (Å²) in [5.41, 5.74) is 0.862. The Morgan fingerprint density at radius 2 is 2.15 bits per heavy atom. The van der Waals surface area contributed by atoms with Crippen LogP contribution in [0.2, 0.25) is 0 Å². The van der Waals surface area contributed by atoms with Gasteiger partial charge in [-0.05, 0) is 45.7 Å². The lowest BCUT2D eigenvalue weighted by Gasteiger charge is -2.30. The average molecular weight is 274 g/mol. The Hall–Kier alpha value is -1.69. The molecule has 3 rings (SSSR count).